The van der Waals surface area contributed by atoms with Gasteiger partial charge >= 0.3 is 0 Å². The van der Waals surface area contributed by atoms with Crippen LogP contribution in [0.5, 0.6) is 0 Å². The number of benzene rings is 1. The summed E-state index contributed by atoms with van der Waals surface area (Å²) in [5.41, 5.74) is 2.22. The third-order valence-corrected chi connectivity index (χ3v) is 2.52. The Morgan fingerprint density at radius 1 is 1.24 bits per heavy atom. The van der Waals surface area contributed by atoms with Gasteiger partial charge in [0.1, 0.15) is 0 Å². The zero-order valence-corrected chi connectivity index (χ0v) is 9.39. The maximum Gasteiger partial charge on any atom is 0.162 e. The summed E-state index contributed by atoms with van der Waals surface area (Å²) in [6, 6.07) is 5.38. The van der Waals surface area contributed by atoms with Gasteiger partial charge in [-0.15, -0.1) is 12.3 Å². The Morgan fingerprint density at radius 2 is 2.00 bits per heavy atom. The Labute approximate surface area is 99.9 Å². The van der Waals surface area contributed by atoms with E-state index < -0.39 is 0 Å². The van der Waals surface area contributed by atoms with Crippen LogP contribution in [0.1, 0.15) is 29.6 Å². The molecule has 0 aliphatic carbocycles. The molecule has 0 aliphatic heterocycles. The quantitative estimate of drug-likeness (QED) is 0.455. The molecule has 0 amide bonds. The van der Waals surface area contributed by atoms with Crippen molar-refractivity contribution in [1.82, 2.24) is 9.97 Å². The van der Waals surface area contributed by atoms with Crippen LogP contribution in [0, 0.1) is 12.3 Å². The van der Waals surface area contributed by atoms with Gasteiger partial charge in [-0.3, -0.25) is 14.8 Å². The van der Waals surface area contributed by atoms with Crippen LogP contribution in [-0.2, 0) is 0 Å². The lowest BCUT2D eigenvalue weighted by Gasteiger charge is -2.01. The van der Waals surface area contributed by atoms with E-state index >= 15 is 0 Å². The fraction of sp³-hybridized carbons (Fsp3) is 0.214. The van der Waals surface area contributed by atoms with Crippen LogP contribution in [0.15, 0.2) is 30.6 Å². The Morgan fingerprint density at radius 3 is 2.76 bits per heavy atom. The van der Waals surface area contributed by atoms with Gasteiger partial charge in [0.05, 0.1) is 11.0 Å². The minimum Gasteiger partial charge on any atom is -0.294 e. The molecule has 3 heteroatoms. The van der Waals surface area contributed by atoms with Crippen molar-refractivity contribution >= 4 is 16.8 Å². The molecule has 0 spiro atoms. The zero-order valence-electron chi connectivity index (χ0n) is 9.39. The molecule has 2 aromatic rings. The first kappa shape index (κ1) is 11.3. The first-order valence-electron chi connectivity index (χ1n) is 5.48. The van der Waals surface area contributed by atoms with E-state index in [1.165, 1.54) is 0 Å². The number of terminal acetylenes is 1. The van der Waals surface area contributed by atoms with Gasteiger partial charge in [0.15, 0.2) is 5.78 Å². The lowest BCUT2D eigenvalue weighted by atomic mass is 10.0. The molecule has 0 radical (unpaired) electrons. The molecule has 1 heterocycles. The number of unbranched alkanes of at least 4 members (excludes halogenated alkanes) is 1. The molecule has 0 aliphatic rings. The molecule has 0 saturated carbocycles. The minimum atomic E-state index is 0.104. The highest BCUT2D eigenvalue weighted by Crippen LogP contribution is 2.13. The first-order chi connectivity index (χ1) is 8.31. The number of ketones is 1. The van der Waals surface area contributed by atoms with E-state index in [9.17, 15) is 4.79 Å². The van der Waals surface area contributed by atoms with Crippen molar-refractivity contribution in [3.05, 3.63) is 36.2 Å². The number of carbonyl (C=O) groups is 1. The maximum absolute atomic E-state index is 11.8. The van der Waals surface area contributed by atoms with E-state index in [0.29, 0.717) is 18.4 Å². The smallest absolute Gasteiger partial charge is 0.162 e. The van der Waals surface area contributed by atoms with Crippen molar-refractivity contribution in [1.29, 1.82) is 0 Å². The van der Waals surface area contributed by atoms with Gasteiger partial charge in [0.2, 0.25) is 0 Å². The summed E-state index contributed by atoms with van der Waals surface area (Å²) in [4.78, 5) is 20.2. The zero-order chi connectivity index (χ0) is 12.1. The van der Waals surface area contributed by atoms with E-state index in [1.807, 2.05) is 6.07 Å². The van der Waals surface area contributed by atoms with Gasteiger partial charge < -0.3 is 0 Å². The molecule has 2 rings (SSSR count). The number of carbonyl (C=O) groups excluding carboxylic acids is 1. The summed E-state index contributed by atoms with van der Waals surface area (Å²) in [7, 11) is 0. The maximum atomic E-state index is 11.8. The first-order valence-corrected chi connectivity index (χ1v) is 5.48. The van der Waals surface area contributed by atoms with Crippen LogP contribution in [-0.4, -0.2) is 15.8 Å². The molecule has 0 bridgehead atoms. The topological polar surface area (TPSA) is 42.9 Å². The molecule has 17 heavy (non-hydrogen) atoms. The molecular weight excluding hydrogens is 212 g/mol. The van der Waals surface area contributed by atoms with E-state index in [0.717, 1.165) is 17.5 Å². The Balaban J connectivity index is 2.19. The van der Waals surface area contributed by atoms with Crippen molar-refractivity contribution in [3.63, 3.8) is 0 Å². The van der Waals surface area contributed by atoms with Crippen LogP contribution in [0.3, 0.4) is 0 Å². The van der Waals surface area contributed by atoms with Crippen molar-refractivity contribution in [2.75, 3.05) is 0 Å². The molecule has 1 aromatic carbocycles. The summed E-state index contributed by atoms with van der Waals surface area (Å²) in [5.74, 6) is 2.63. The van der Waals surface area contributed by atoms with Crippen molar-refractivity contribution in [2.24, 2.45) is 0 Å². The van der Waals surface area contributed by atoms with E-state index in [-0.39, 0.29) is 5.78 Å². The predicted molar refractivity (Wildman–Crippen MR) is 66.6 cm³/mol. The molecule has 84 valence electrons. The third-order valence-electron chi connectivity index (χ3n) is 2.52. The summed E-state index contributed by atoms with van der Waals surface area (Å²) in [6.07, 6.45) is 10.3. The van der Waals surface area contributed by atoms with Gasteiger partial charge in [-0.25, -0.2) is 0 Å². The number of nitrogens with zero attached hydrogens (tertiary/aromatic N) is 2. The molecule has 0 atom stereocenters. The molecular formula is C14H12N2O. The number of hydrogen-bond acceptors (Lipinski definition) is 3. The number of hydrogen-bond donors (Lipinski definition) is 0. The summed E-state index contributed by atoms with van der Waals surface area (Å²) in [6.45, 7) is 0. The van der Waals surface area contributed by atoms with E-state index in [1.54, 1.807) is 24.5 Å². The van der Waals surface area contributed by atoms with Gasteiger partial charge in [0, 0.05) is 30.8 Å². The summed E-state index contributed by atoms with van der Waals surface area (Å²) >= 11 is 0. The van der Waals surface area contributed by atoms with E-state index in [2.05, 4.69) is 15.9 Å². The fourth-order valence-electron chi connectivity index (χ4n) is 1.63. The standard InChI is InChI=1S/C14H12N2O/c1-2-3-4-5-14(17)11-6-7-12-13(10-11)16-9-8-15-12/h1,6-10H,3-5H2. The largest absolute Gasteiger partial charge is 0.294 e. The van der Waals surface area contributed by atoms with Gasteiger partial charge in [0.25, 0.3) is 0 Å². The summed E-state index contributed by atoms with van der Waals surface area (Å²) in [5, 5.41) is 0. The fourth-order valence-corrected chi connectivity index (χ4v) is 1.63. The second kappa shape index (κ2) is 5.22. The van der Waals surface area contributed by atoms with Gasteiger partial charge in [-0.2, -0.15) is 0 Å². The molecule has 0 fully saturated rings. The van der Waals surface area contributed by atoms with Crippen LogP contribution >= 0.6 is 0 Å². The van der Waals surface area contributed by atoms with Crippen LogP contribution in [0.25, 0.3) is 11.0 Å². The lowest BCUT2D eigenvalue weighted by Crippen LogP contribution is -1.99. The lowest BCUT2D eigenvalue weighted by molar-refractivity contribution is 0.0980. The van der Waals surface area contributed by atoms with E-state index in [4.69, 9.17) is 6.42 Å². The third kappa shape index (κ3) is 2.67. The molecule has 3 nitrogen and oxygen atoms in total. The SMILES string of the molecule is C#CCCCC(=O)c1ccc2nccnc2c1. The normalized spacial score (nSPS) is 10.1. The highest BCUT2D eigenvalue weighted by atomic mass is 16.1. The highest BCUT2D eigenvalue weighted by Gasteiger charge is 2.06. The van der Waals surface area contributed by atoms with Gasteiger partial charge in [-0.05, 0) is 24.6 Å². The second-order valence-corrected chi connectivity index (χ2v) is 3.74. The average molecular weight is 224 g/mol. The monoisotopic (exact) mass is 224 g/mol. The number of aromatic nitrogens is 2. The van der Waals surface area contributed by atoms with Crippen LogP contribution < -0.4 is 0 Å². The Bertz CT molecular complexity index is 584. The highest BCUT2D eigenvalue weighted by molar-refractivity contribution is 5.98. The van der Waals surface area contributed by atoms with Crippen molar-refractivity contribution in [2.45, 2.75) is 19.3 Å². The van der Waals surface area contributed by atoms with Crippen molar-refractivity contribution < 1.29 is 4.79 Å². The number of fused-ring (bicyclic) bond motifs is 1. The second-order valence-electron chi connectivity index (χ2n) is 3.74. The van der Waals surface area contributed by atoms with Crippen molar-refractivity contribution in [3.8, 4) is 12.3 Å². The Hall–Kier alpha value is -2.21. The average Bonchev–Trinajstić information content (AvgIpc) is 2.38. The van der Waals surface area contributed by atoms with Gasteiger partial charge in [-0.1, -0.05) is 0 Å². The number of Topliss-reactive ketones (excluding diaryl/α,β-unsaturated/α-hetero) is 1. The molecule has 0 saturated heterocycles. The van der Waals surface area contributed by atoms with Crippen LogP contribution in [0.4, 0.5) is 0 Å². The van der Waals surface area contributed by atoms with Crippen LogP contribution in [0.2, 0.25) is 0 Å². The molecule has 0 N–H and O–H groups in total. The number of rotatable bonds is 4. The minimum absolute atomic E-state index is 0.104. The Kier molecular flexibility index (Phi) is 3.46. The molecule has 0 unspecified atom stereocenters. The predicted octanol–water partition coefficient (Wildman–Crippen LogP) is 2.62. The summed E-state index contributed by atoms with van der Waals surface area (Å²) < 4.78 is 0. The molecule has 1 aromatic heterocycles.